The lowest BCUT2D eigenvalue weighted by atomic mass is 9.95. The van der Waals surface area contributed by atoms with E-state index in [9.17, 15) is 4.79 Å². The van der Waals surface area contributed by atoms with Gasteiger partial charge in [0.1, 0.15) is 0 Å². The second-order valence-electron chi connectivity index (χ2n) is 3.68. The van der Waals surface area contributed by atoms with E-state index in [0.717, 1.165) is 30.5 Å². The van der Waals surface area contributed by atoms with Crippen molar-refractivity contribution < 1.29 is 0 Å². The largest absolute Gasteiger partial charge is 0.362 e. The molecule has 0 spiro atoms. The van der Waals surface area contributed by atoms with E-state index in [2.05, 4.69) is 11.9 Å². The van der Waals surface area contributed by atoms with Gasteiger partial charge in [-0.15, -0.1) is 0 Å². The summed E-state index contributed by atoms with van der Waals surface area (Å²) in [6.07, 6.45) is 5.33. The van der Waals surface area contributed by atoms with Crippen LogP contribution in [0.25, 0.3) is 0 Å². The van der Waals surface area contributed by atoms with Crippen LogP contribution >= 0.6 is 0 Å². The van der Waals surface area contributed by atoms with Crippen molar-refractivity contribution in [3.63, 3.8) is 0 Å². The summed E-state index contributed by atoms with van der Waals surface area (Å²) in [7, 11) is 0. The second-order valence-corrected chi connectivity index (χ2v) is 3.68. The van der Waals surface area contributed by atoms with E-state index in [4.69, 9.17) is 0 Å². The lowest BCUT2D eigenvalue weighted by molar-refractivity contribution is 0.659. The molecule has 1 N–H and O–H groups in total. The number of rotatable bonds is 1. The highest BCUT2D eigenvalue weighted by molar-refractivity contribution is 5.25. The van der Waals surface area contributed by atoms with Crippen LogP contribution in [0.5, 0.6) is 0 Å². The standard InChI is InChI=1S/C11H15NO/c1-2-8-7-11(13)9-5-3-4-6-10(9)12-8/h7H,2-6H2,1H3,(H,12,13). The van der Waals surface area contributed by atoms with Gasteiger partial charge in [0.15, 0.2) is 5.43 Å². The summed E-state index contributed by atoms with van der Waals surface area (Å²) >= 11 is 0. The van der Waals surface area contributed by atoms with Gasteiger partial charge in [-0.1, -0.05) is 6.92 Å². The molecule has 0 unspecified atom stereocenters. The first-order valence-electron chi connectivity index (χ1n) is 5.05. The molecule has 1 aromatic heterocycles. The first-order chi connectivity index (χ1) is 6.31. The molecule has 1 aliphatic rings. The molecule has 0 atom stereocenters. The topological polar surface area (TPSA) is 32.9 Å². The molecular weight excluding hydrogens is 162 g/mol. The summed E-state index contributed by atoms with van der Waals surface area (Å²) in [4.78, 5) is 15.0. The third-order valence-corrected chi connectivity index (χ3v) is 2.76. The fourth-order valence-corrected chi connectivity index (χ4v) is 1.98. The molecule has 0 bridgehead atoms. The third-order valence-electron chi connectivity index (χ3n) is 2.76. The van der Waals surface area contributed by atoms with E-state index in [-0.39, 0.29) is 5.43 Å². The predicted molar refractivity (Wildman–Crippen MR) is 53.1 cm³/mol. The number of aromatic amines is 1. The Morgan fingerprint density at radius 2 is 2.15 bits per heavy atom. The zero-order valence-corrected chi connectivity index (χ0v) is 8.02. The van der Waals surface area contributed by atoms with E-state index in [1.807, 2.05) is 0 Å². The van der Waals surface area contributed by atoms with Crippen LogP contribution in [0, 0.1) is 0 Å². The summed E-state index contributed by atoms with van der Waals surface area (Å²) < 4.78 is 0. The lowest BCUT2D eigenvalue weighted by Crippen LogP contribution is -2.18. The lowest BCUT2D eigenvalue weighted by Gasteiger charge is -2.15. The fraction of sp³-hybridized carbons (Fsp3) is 0.545. The SMILES string of the molecule is CCc1cc(=O)c2c([nH]1)CCCC2. The molecule has 70 valence electrons. The van der Waals surface area contributed by atoms with Crippen LogP contribution in [0.3, 0.4) is 0 Å². The molecule has 1 aliphatic carbocycles. The van der Waals surface area contributed by atoms with Crippen LogP contribution < -0.4 is 5.43 Å². The monoisotopic (exact) mass is 177 g/mol. The maximum atomic E-state index is 11.6. The molecule has 2 heteroatoms. The van der Waals surface area contributed by atoms with Crippen LogP contribution in [-0.2, 0) is 19.3 Å². The van der Waals surface area contributed by atoms with Crippen molar-refractivity contribution in [2.75, 3.05) is 0 Å². The first-order valence-corrected chi connectivity index (χ1v) is 5.05. The average Bonchev–Trinajstić information content (AvgIpc) is 2.18. The number of H-pyrrole nitrogens is 1. The second kappa shape index (κ2) is 3.36. The van der Waals surface area contributed by atoms with E-state index in [1.54, 1.807) is 6.07 Å². The molecule has 0 fully saturated rings. The third kappa shape index (κ3) is 1.53. The molecule has 0 aliphatic heterocycles. The van der Waals surface area contributed by atoms with Crippen LogP contribution in [0.1, 0.15) is 36.7 Å². The molecule has 2 nitrogen and oxygen atoms in total. The van der Waals surface area contributed by atoms with Gasteiger partial charge in [-0.05, 0) is 32.1 Å². The molecule has 0 amide bonds. The van der Waals surface area contributed by atoms with Crippen molar-refractivity contribution in [2.45, 2.75) is 39.0 Å². The minimum absolute atomic E-state index is 0.241. The highest BCUT2D eigenvalue weighted by atomic mass is 16.1. The number of aromatic nitrogens is 1. The van der Waals surface area contributed by atoms with Crippen molar-refractivity contribution in [3.8, 4) is 0 Å². The van der Waals surface area contributed by atoms with Crippen LogP contribution in [0.4, 0.5) is 0 Å². The van der Waals surface area contributed by atoms with Crippen LogP contribution in [0.2, 0.25) is 0 Å². The summed E-state index contributed by atoms with van der Waals surface area (Å²) in [5.74, 6) is 0. The molecular formula is C11H15NO. The minimum Gasteiger partial charge on any atom is -0.362 e. The average molecular weight is 177 g/mol. The van der Waals surface area contributed by atoms with Gasteiger partial charge in [0.2, 0.25) is 0 Å². The van der Waals surface area contributed by atoms with Crippen molar-refractivity contribution in [1.82, 2.24) is 4.98 Å². The summed E-state index contributed by atoms with van der Waals surface area (Å²) in [5, 5.41) is 0. The highest BCUT2D eigenvalue weighted by Crippen LogP contribution is 2.16. The Labute approximate surface area is 78.0 Å². The Kier molecular flexibility index (Phi) is 2.21. The molecule has 2 rings (SSSR count). The van der Waals surface area contributed by atoms with E-state index in [1.165, 1.54) is 18.5 Å². The van der Waals surface area contributed by atoms with Gasteiger partial charge in [-0.3, -0.25) is 4.79 Å². The van der Waals surface area contributed by atoms with Gasteiger partial charge in [-0.25, -0.2) is 0 Å². The van der Waals surface area contributed by atoms with Crippen LogP contribution in [-0.4, -0.2) is 4.98 Å². The summed E-state index contributed by atoms with van der Waals surface area (Å²) in [5.41, 5.74) is 3.54. The molecule has 0 radical (unpaired) electrons. The summed E-state index contributed by atoms with van der Waals surface area (Å²) in [6, 6.07) is 1.75. The molecule has 1 heterocycles. The van der Waals surface area contributed by atoms with E-state index in [0.29, 0.717) is 0 Å². The zero-order valence-electron chi connectivity index (χ0n) is 8.02. The molecule has 0 aromatic carbocycles. The predicted octanol–water partition coefficient (Wildman–Crippen LogP) is 1.82. The number of fused-ring (bicyclic) bond motifs is 1. The Morgan fingerprint density at radius 1 is 1.38 bits per heavy atom. The first kappa shape index (κ1) is 8.54. The number of hydrogen-bond acceptors (Lipinski definition) is 1. The van der Waals surface area contributed by atoms with Crippen molar-refractivity contribution >= 4 is 0 Å². The number of pyridine rings is 1. The molecule has 1 aromatic rings. The smallest absolute Gasteiger partial charge is 0.185 e. The molecule has 0 saturated heterocycles. The Bertz CT molecular complexity index is 365. The Morgan fingerprint density at radius 3 is 2.92 bits per heavy atom. The molecule has 13 heavy (non-hydrogen) atoms. The van der Waals surface area contributed by atoms with Crippen molar-refractivity contribution in [3.05, 3.63) is 33.2 Å². The van der Waals surface area contributed by atoms with Gasteiger partial charge in [0.05, 0.1) is 0 Å². The Hall–Kier alpha value is -1.05. The van der Waals surface area contributed by atoms with Gasteiger partial charge in [-0.2, -0.15) is 0 Å². The zero-order chi connectivity index (χ0) is 9.26. The normalized spacial score (nSPS) is 15.5. The van der Waals surface area contributed by atoms with Gasteiger partial charge in [0.25, 0.3) is 0 Å². The van der Waals surface area contributed by atoms with Crippen LogP contribution in [0.15, 0.2) is 10.9 Å². The van der Waals surface area contributed by atoms with Gasteiger partial charge < -0.3 is 4.98 Å². The van der Waals surface area contributed by atoms with Crippen molar-refractivity contribution in [2.24, 2.45) is 0 Å². The number of hydrogen-bond donors (Lipinski definition) is 1. The van der Waals surface area contributed by atoms with Gasteiger partial charge >= 0.3 is 0 Å². The maximum Gasteiger partial charge on any atom is 0.185 e. The van der Waals surface area contributed by atoms with Gasteiger partial charge in [0, 0.05) is 23.0 Å². The van der Waals surface area contributed by atoms with Crippen molar-refractivity contribution in [1.29, 1.82) is 0 Å². The van der Waals surface area contributed by atoms with E-state index >= 15 is 0 Å². The highest BCUT2D eigenvalue weighted by Gasteiger charge is 2.12. The number of nitrogens with one attached hydrogen (secondary N) is 1. The molecule has 0 saturated carbocycles. The maximum absolute atomic E-state index is 11.6. The van der Waals surface area contributed by atoms with E-state index < -0.39 is 0 Å². The quantitative estimate of drug-likeness (QED) is 0.697. The number of aryl methyl sites for hydroxylation is 2. The minimum atomic E-state index is 0.241. The summed E-state index contributed by atoms with van der Waals surface area (Å²) in [6.45, 7) is 2.07. The fourth-order valence-electron chi connectivity index (χ4n) is 1.98. The Balaban J connectivity index is 2.53.